The number of aromatic nitrogens is 1. The fraction of sp³-hybridized carbons (Fsp3) is 0.278. The highest BCUT2D eigenvalue weighted by Gasteiger charge is 2.42. The van der Waals surface area contributed by atoms with Crippen molar-refractivity contribution < 1.29 is 19.6 Å². The van der Waals surface area contributed by atoms with E-state index < -0.39 is 0 Å². The molecule has 2 N–H and O–H groups in total. The molecule has 6 nitrogen and oxygen atoms in total. The molecule has 1 atom stereocenters. The van der Waals surface area contributed by atoms with Gasteiger partial charge in [-0.05, 0) is 36.4 Å². The Morgan fingerprint density at radius 3 is 2.67 bits per heavy atom. The van der Waals surface area contributed by atoms with E-state index in [0.29, 0.717) is 11.4 Å². The highest BCUT2D eigenvalue weighted by atomic mass is 16.5. The lowest BCUT2D eigenvalue weighted by molar-refractivity contribution is -0.674. The summed E-state index contributed by atoms with van der Waals surface area (Å²) in [6.07, 6.45) is 2.75. The average molecular weight is 326 g/mol. The number of carbonyl (C=O) groups is 2. The molecule has 3 rings (SSSR count). The molecule has 1 aromatic carbocycles. The number of imide groups is 1. The van der Waals surface area contributed by atoms with Gasteiger partial charge in [0.2, 0.25) is 5.91 Å². The minimum absolute atomic E-state index is 0.161. The van der Waals surface area contributed by atoms with Crippen molar-refractivity contribution in [3.05, 3.63) is 54.4 Å². The number of amides is 2. The molecule has 0 unspecified atom stereocenters. The molecule has 124 valence electrons. The molecule has 1 aromatic heterocycles. The molecule has 6 heteroatoms. The van der Waals surface area contributed by atoms with Crippen molar-refractivity contribution in [2.24, 2.45) is 0 Å². The first-order chi connectivity index (χ1) is 11.7. The van der Waals surface area contributed by atoms with Crippen LogP contribution in [0, 0.1) is 0 Å². The fourth-order valence-corrected chi connectivity index (χ4v) is 2.82. The van der Waals surface area contributed by atoms with Gasteiger partial charge in [-0.1, -0.05) is 6.07 Å². The van der Waals surface area contributed by atoms with E-state index in [1.54, 1.807) is 37.6 Å². The molecular weight excluding hydrogens is 306 g/mol. The zero-order valence-electron chi connectivity index (χ0n) is 13.5. The summed E-state index contributed by atoms with van der Waals surface area (Å²) in [5.41, 5.74) is 1.57. The number of nitrogens with zero attached hydrogens (tertiary/aromatic N) is 2. The molecule has 2 aromatic rings. The Kier molecular flexibility index (Phi) is 4.86. The normalized spacial score (nSPS) is 17.4. The van der Waals surface area contributed by atoms with E-state index in [1.807, 2.05) is 23.5 Å². The Morgan fingerprint density at radius 2 is 2.00 bits per heavy atom. The third-order valence-electron chi connectivity index (χ3n) is 4.09. The third-order valence-corrected chi connectivity index (χ3v) is 4.09. The molecule has 1 aliphatic rings. The van der Waals surface area contributed by atoms with Crippen LogP contribution in [0.5, 0.6) is 5.75 Å². The molecule has 1 fully saturated rings. The van der Waals surface area contributed by atoms with E-state index >= 15 is 0 Å². The van der Waals surface area contributed by atoms with Gasteiger partial charge in [-0.15, -0.1) is 0 Å². The fourth-order valence-electron chi connectivity index (χ4n) is 2.82. The van der Waals surface area contributed by atoms with Gasteiger partial charge < -0.3 is 10.1 Å². The summed E-state index contributed by atoms with van der Waals surface area (Å²) in [5.74, 6) is 0.367. The maximum absolute atomic E-state index is 12.5. The van der Waals surface area contributed by atoms with Gasteiger partial charge in [0.15, 0.2) is 6.04 Å². The molecule has 0 bridgehead atoms. The van der Waals surface area contributed by atoms with Crippen LogP contribution in [0.4, 0.5) is 5.69 Å². The van der Waals surface area contributed by atoms with E-state index in [0.717, 1.165) is 18.7 Å². The summed E-state index contributed by atoms with van der Waals surface area (Å²) >= 11 is 0. The van der Waals surface area contributed by atoms with Gasteiger partial charge in [-0.25, -0.2) is 4.90 Å². The third kappa shape index (κ3) is 3.44. The second-order valence-electron chi connectivity index (χ2n) is 5.67. The van der Waals surface area contributed by atoms with Gasteiger partial charge >= 0.3 is 0 Å². The van der Waals surface area contributed by atoms with Crippen LogP contribution in [0.3, 0.4) is 0 Å². The highest BCUT2D eigenvalue weighted by Crippen LogP contribution is 2.24. The molecule has 2 heterocycles. The van der Waals surface area contributed by atoms with Crippen LogP contribution in [-0.2, 0) is 16.0 Å². The van der Waals surface area contributed by atoms with Crippen LogP contribution < -0.4 is 15.0 Å². The number of quaternary nitrogens is 1. The predicted molar refractivity (Wildman–Crippen MR) is 88.6 cm³/mol. The van der Waals surface area contributed by atoms with E-state index in [9.17, 15) is 9.59 Å². The lowest BCUT2D eigenvalue weighted by atomic mass is 10.2. The number of nitrogens with two attached hydrogens (primary N) is 1. The van der Waals surface area contributed by atoms with Crippen LogP contribution in [0.25, 0.3) is 0 Å². The van der Waals surface area contributed by atoms with Gasteiger partial charge in [0.05, 0.1) is 25.8 Å². The Morgan fingerprint density at radius 1 is 1.21 bits per heavy atom. The van der Waals surface area contributed by atoms with Gasteiger partial charge in [0, 0.05) is 18.3 Å². The minimum Gasteiger partial charge on any atom is -0.497 e. The molecule has 1 aliphatic heterocycles. The van der Waals surface area contributed by atoms with Gasteiger partial charge in [0.25, 0.3) is 5.91 Å². The number of pyridine rings is 1. The van der Waals surface area contributed by atoms with Crippen LogP contribution >= 0.6 is 0 Å². The smallest absolute Gasteiger partial charge is 0.292 e. The Balaban J connectivity index is 1.61. The molecule has 1 saturated heterocycles. The Labute approximate surface area is 140 Å². The lowest BCUT2D eigenvalue weighted by Gasteiger charge is -2.14. The molecule has 0 aliphatic carbocycles. The Hall–Kier alpha value is -2.73. The topological polar surface area (TPSA) is 76.1 Å². The summed E-state index contributed by atoms with van der Waals surface area (Å²) in [6.45, 7) is 0.719. The Bertz CT molecular complexity index is 716. The van der Waals surface area contributed by atoms with Gasteiger partial charge in [-0.3, -0.25) is 14.6 Å². The molecule has 0 saturated carbocycles. The van der Waals surface area contributed by atoms with Gasteiger partial charge in [0.1, 0.15) is 5.75 Å². The van der Waals surface area contributed by atoms with Crippen LogP contribution in [0.1, 0.15) is 12.1 Å². The highest BCUT2D eigenvalue weighted by molar-refractivity contribution is 6.21. The number of carbonyl (C=O) groups excluding carboxylic acids is 2. The molecule has 0 radical (unpaired) electrons. The number of rotatable bonds is 6. The second kappa shape index (κ2) is 7.23. The van der Waals surface area contributed by atoms with E-state index in [4.69, 9.17) is 4.74 Å². The molecular formula is C18H20N3O3+. The number of anilines is 1. The second-order valence-corrected chi connectivity index (χ2v) is 5.67. The standard InChI is InChI=1S/C18H19N3O3/c1-24-15-7-5-14(6-8-15)21-17(22)12-16(18(21)23)20-11-9-13-4-2-3-10-19-13/h2-8,10,16,20H,9,11-12H2,1H3/p+1/t16-/m1/s1. The van der Waals surface area contributed by atoms with Crippen LogP contribution in [0.2, 0.25) is 0 Å². The van der Waals surface area contributed by atoms with E-state index in [2.05, 4.69) is 4.98 Å². The van der Waals surface area contributed by atoms with Crippen molar-refractivity contribution in [2.45, 2.75) is 18.9 Å². The van der Waals surface area contributed by atoms with Crippen molar-refractivity contribution in [3.8, 4) is 5.75 Å². The first-order valence-corrected chi connectivity index (χ1v) is 7.93. The SMILES string of the molecule is COc1ccc(N2C(=O)C[C@@H]([NH2+]CCc3ccccn3)C2=O)cc1. The quantitative estimate of drug-likeness (QED) is 0.786. The van der Waals surface area contributed by atoms with Crippen molar-refractivity contribution in [2.75, 3.05) is 18.6 Å². The van der Waals surface area contributed by atoms with Crippen LogP contribution in [0.15, 0.2) is 48.7 Å². The number of ether oxygens (including phenoxy) is 1. The number of methoxy groups -OCH3 is 1. The number of benzene rings is 1. The monoisotopic (exact) mass is 326 g/mol. The zero-order valence-corrected chi connectivity index (χ0v) is 13.5. The van der Waals surface area contributed by atoms with E-state index in [1.165, 1.54) is 4.90 Å². The molecule has 0 spiro atoms. The predicted octanol–water partition coefficient (Wildman–Crippen LogP) is 0.528. The maximum atomic E-state index is 12.5. The minimum atomic E-state index is -0.358. The van der Waals surface area contributed by atoms with Crippen LogP contribution in [-0.4, -0.2) is 36.5 Å². The molecule has 24 heavy (non-hydrogen) atoms. The van der Waals surface area contributed by atoms with Crippen molar-refractivity contribution in [1.82, 2.24) is 4.98 Å². The number of hydrogen-bond donors (Lipinski definition) is 1. The van der Waals surface area contributed by atoms with Crippen molar-refractivity contribution in [3.63, 3.8) is 0 Å². The average Bonchev–Trinajstić information content (AvgIpc) is 2.90. The van der Waals surface area contributed by atoms with Crippen molar-refractivity contribution >= 4 is 17.5 Å². The summed E-state index contributed by atoms with van der Waals surface area (Å²) in [7, 11) is 1.58. The van der Waals surface area contributed by atoms with Gasteiger partial charge in [-0.2, -0.15) is 0 Å². The lowest BCUT2D eigenvalue weighted by Crippen LogP contribution is -2.92. The summed E-state index contributed by atoms with van der Waals surface area (Å²) in [5, 5.41) is 1.93. The summed E-state index contributed by atoms with van der Waals surface area (Å²) in [4.78, 5) is 30.3. The zero-order chi connectivity index (χ0) is 16.9. The first-order valence-electron chi connectivity index (χ1n) is 7.93. The molecule has 2 amide bonds. The largest absolute Gasteiger partial charge is 0.497 e. The first kappa shape index (κ1) is 16.1. The maximum Gasteiger partial charge on any atom is 0.292 e. The van der Waals surface area contributed by atoms with E-state index in [-0.39, 0.29) is 24.3 Å². The summed E-state index contributed by atoms with van der Waals surface area (Å²) in [6, 6.07) is 12.4. The number of hydrogen-bond acceptors (Lipinski definition) is 4. The summed E-state index contributed by atoms with van der Waals surface area (Å²) < 4.78 is 5.10. The van der Waals surface area contributed by atoms with Crippen molar-refractivity contribution in [1.29, 1.82) is 0 Å².